The third kappa shape index (κ3) is 2.92. The topological polar surface area (TPSA) is 75.6 Å². The van der Waals surface area contributed by atoms with E-state index in [4.69, 9.17) is 0 Å². The van der Waals surface area contributed by atoms with Crippen LogP contribution in [-0.2, 0) is 4.74 Å². The van der Waals surface area contributed by atoms with Gasteiger partial charge in [0.05, 0.1) is 12.7 Å². The Hall–Kier alpha value is -3.34. The van der Waals surface area contributed by atoms with E-state index in [1.165, 1.54) is 13.2 Å². The molecule has 0 heterocycles. The van der Waals surface area contributed by atoms with Crippen molar-refractivity contribution in [2.75, 3.05) is 12.4 Å². The minimum absolute atomic E-state index is 0.149. The molecule has 120 valence electrons. The Morgan fingerprint density at radius 3 is 2.38 bits per heavy atom. The third-order valence-corrected chi connectivity index (χ3v) is 3.69. The van der Waals surface area contributed by atoms with Gasteiger partial charge in [-0.1, -0.05) is 30.3 Å². The van der Waals surface area contributed by atoms with E-state index in [-0.39, 0.29) is 11.7 Å². The molecule has 0 saturated heterocycles. The molecule has 1 amide bonds. The van der Waals surface area contributed by atoms with E-state index in [0.717, 1.165) is 5.39 Å². The van der Waals surface area contributed by atoms with Gasteiger partial charge in [0.15, 0.2) is 0 Å². The quantitative estimate of drug-likeness (QED) is 0.723. The Morgan fingerprint density at radius 2 is 1.58 bits per heavy atom. The van der Waals surface area contributed by atoms with Crippen LogP contribution in [0.5, 0.6) is 5.75 Å². The fraction of sp³-hybridized carbons (Fsp3) is 0.0526. The van der Waals surface area contributed by atoms with Gasteiger partial charge in [0, 0.05) is 22.0 Å². The van der Waals surface area contributed by atoms with E-state index < -0.39 is 5.97 Å². The zero-order valence-corrected chi connectivity index (χ0v) is 12.9. The molecule has 0 saturated carbocycles. The molecule has 0 spiro atoms. The summed E-state index contributed by atoms with van der Waals surface area (Å²) >= 11 is 0. The molecule has 0 bridgehead atoms. The molecule has 3 aromatic rings. The second-order valence-corrected chi connectivity index (χ2v) is 5.20. The van der Waals surface area contributed by atoms with E-state index in [0.29, 0.717) is 22.2 Å². The van der Waals surface area contributed by atoms with Crippen LogP contribution in [0.25, 0.3) is 10.8 Å². The number of nitrogens with one attached hydrogen (secondary N) is 1. The summed E-state index contributed by atoms with van der Waals surface area (Å²) in [5.41, 5.74) is 1.23. The van der Waals surface area contributed by atoms with Gasteiger partial charge in [0.1, 0.15) is 5.75 Å². The molecule has 0 aliphatic carbocycles. The van der Waals surface area contributed by atoms with Gasteiger partial charge >= 0.3 is 5.97 Å². The number of ether oxygens (including phenoxy) is 1. The highest BCUT2D eigenvalue weighted by Crippen LogP contribution is 2.30. The summed E-state index contributed by atoms with van der Waals surface area (Å²) in [5.74, 6) is -0.701. The van der Waals surface area contributed by atoms with Crippen LogP contribution in [0.3, 0.4) is 0 Å². The molecule has 3 rings (SSSR count). The van der Waals surface area contributed by atoms with Gasteiger partial charge in [0.25, 0.3) is 5.91 Å². The van der Waals surface area contributed by atoms with Crippen LogP contribution >= 0.6 is 0 Å². The first-order valence-electron chi connectivity index (χ1n) is 7.30. The summed E-state index contributed by atoms with van der Waals surface area (Å²) < 4.78 is 4.66. The van der Waals surface area contributed by atoms with Crippen molar-refractivity contribution in [2.24, 2.45) is 0 Å². The molecule has 0 radical (unpaired) electrons. The van der Waals surface area contributed by atoms with Crippen LogP contribution in [0.1, 0.15) is 20.7 Å². The van der Waals surface area contributed by atoms with Crippen molar-refractivity contribution in [2.45, 2.75) is 0 Å². The van der Waals surface area contributed by atoms with Gasteiger partial charge in [-0.3, -0.25) is 4.79 Å². The Kier molecular flexibility index (Phi) is 4.16. The molecular formula is C19H15NO4. The second kappa shape index (κ2) is 6.42. The zero-order chi connectivity index (χ0) is 17.1. The molecule has 5 nitrogen and oxygen atoms in total. The second-order valence-electron chi connectivity index (χ2n) is 5.20. The first kappa shape index (κ1) is 15.6. The lowest BCUT2D eigenvalue weighted by Gasteiger charge is -2.10. The third-order valence-electron chi connectivity index (χ3n) is 3.69. The average molecular weight is 321 g/mol. The van der Waals surface area contributed by atoms with Crippen molar-refractivity contribution >= 4 is 28.3 Å². The van der Waals surface area contributed by atoms with Gasteiger partial charge in [-0.2, -0.15) is 0 Å². The number of hydrogen-bond donors (Lipinski definition) is 2. The SMILES string of the molecule is COC(=O)c1cccc(C(=O)Nc2cccc3c(O)cccc23)c1. The van der Waals surface area contributed by atoms with E-state index in [1.807, 2.05) is 6.07 Å². The molecule has 24 heavy (non-hydrogen) atoms. The lowest BCUT2D eigenvalue weighted by atomic mass is 10.1. The maximum atomic E-state index is 12.5. The number of fused-ring (bicyclic) bond motifs is 1. The molecule has 0 atom stereocenters. The largest absolute Gasteiger partial charge is 0.507 e. The molecule has 3 aromatic carbocycles. The van der Waals surface area contributed by atoms with Crippen molar-refractivity contribution in [1.82, 2.24) is 0 Å². The Labute approximate surface area is 138 Å². The fourth-order valence-corrected chi connectivity index (χ4v) is 2.50. The normalized spacial score (nSPS) is 10.4. The first-order chi connectivity index (χ1) is 11.6. The van der Waals surface area contributed by atoms with Crippen molar-refractivity contribution < 1.29 is 19.4 Å². The average Bonchev–Trinajstić information content (AvgIpc) is 2.62. The fourth-order valence-electron chi connectivity index (χ4n) is 2.50. The molecule has 0 aromatic heterocycles. The number of aromatic hydroxyl groups is 1. The molecule has 0 aliphatic rings. The summed E-state index contributed by atoms with van der Waals surface area (Å²) in [6.07, 6.45) is 0. The van der Waals surface area contributed by atoms with Crippen LogP contribution in [0, 0.1) is 0 Å². The number of amides is 1. The number of benzene rings is 3. The molecule has 2 N–H and O–H groups in total. The Bertz CT molecular complexity index is 934. The van der Waals surface area contributed by atoms with Crippen molar-refractivity contribution in [3.05, 3.63) is 71.8 Å². The number of carbonyl (C=O) groups excluding carboxylic acids is 2. The van der Waals surface area contributed by atoms with Crippen LogP contribution < -0.4 is 5.32 Å². The molecule has 0 aliphatic heterocycles. The highest BCUT2D eigenvalue weighted by atomic mass is 16.5. The monoisotopic (exact) mass is 321 g/mol. The van der Waals surface area contributed by atoms with Gasteiger partial charge in [0.2, 0.25) is 0 Å². The number of hydrogen-bond acceptors (Lipinski definition) is 4. The highest BCUT2D eigenvalue weighted by molar-refractivity contribution is 6.10. The number of phenolic OH excluding ortho intramolecular Hbond substituents is 1. The standard InChI is InChI=1S/C19H15NO4/c1-24-19(23)13-6-2-5-12(11-13)18(22)20-16-9-3-8-15-14(16)7-4-10-17(15)21/h2-11,21H,1H3,(H,20,22). The van der Waals surface area contributed by atoms with E-state index in [1.54, 1.807) is 48.5 Å². The maximum absolute atomic E-state index is 12.5. The van der Waals surface area contributed by atoms with Crippen LogP contribution in [-0.4, -0.2) is 24.1 Å². The number of esters is 1. The summed E-state index contributed by atoms with van der Waals surface area (Å²) in [4.78, 5) is 24.1. The lowest BCUT2D eigenvalue weighted by molar-refractivity contribution is 0.0600. The molecular weight excluding hydrogens is 306 g/mol. The molecule has 0 unspecified atom stereocenters. The smallest absolute Gasteiger partial charge is 0.337 e. The van der Waals surface area contributed by atoms with Crippen LogP contribution in [0.4, 0.5) is 5.69 Å². The van der Waals surface area contributed by atoms with Crippen LogP contribution in [0.15, 0.2) is 60.7 Å². The van der Waals surface area contributed by atoms with Crippen molar-refractivity contribution in [3.8, 4) is 5.75 Å². The Morgan fingerprint density at radius 1 is 0.917 bits per heavy atom. The number of carbonyl (C=O) groups is 2. The van der Waals surface area contributed by atoms with Gasteiger partial charge < -0.3 is 15.2 Å². The van der Waals surface area contributed by atoms with E-state index >= 15 is 0 Å². The Balaban J connectivity index is 1.93. The summed E-state index contributed by atoms with van der Waals surface area (Å²) in [5, 5.41) is 14.1. The minimum Gasteiger partial charge on any atom is -0.507 e. The lowest BCUT2D eigenvalue weighted by Crippen LogP contribution is -2.13. The van der Waals surface area contributed by atoms with Crippen molar-refractivity contribution in [3.63, 3.8) is 0 Å². The number of phenols is 1. The number of rotatable bonds is 3. The summed E-state index contributed by atoms with van der Waals surface area (Å²) in [6.45, 7) is 0. The molecule has 0 fully saturated rings. The van der Waals surface area contributed by atoms with E-state index in [9.17, 15) is 14.7 Å². The first-order valence-corrected chi connectivity index (χ1v) is 7.30. The maximum Gasteiger partial charge on any atom is 0.337 e. The predicted octanol–water partition coefficient (Wildman–Crippen LogP) is 3.58. The van der Waals surface area contributed by atoms with Gasteiger partial charge in [-0.15, -0.1) is 0 Å². The number of anilines is 1. The van der Waals surface area contributed by atoms with E-state index in [2.05, 4.69) is 10.1 Å². The van der Waals surface area contributed by atoms with Gasteiger partial charge in [-0.05, 0) is 30.3 Å². The minimum atomic E-state index is -0.500. The van der Waals surface area contributed by atoms with Crippen molar-refractivity contribution in [1.29, 1.82) is 0 Å². The van der Waals surface area contributed by atoms with Crippen LogP contribution in [0.2, 0.25) is 0 Å². The number of methoxy groups -OCH3 is 1. The molecule has 5 heteroatoms. The van der Waals surface area contributed by atoms with Gasteiger partial charge in [-0.25, -0.2) is 4.79 Å². The summed E-state index contributed by atoms with van der Waals surface area (Å²) in [7, 11) is 1.29. The predicted molar refractivity (Wildman–Crippen MR) is 91.3 cm³/mol. The zero-order valence-electron chi connectivity index (χ0n) is 12.9. The highest BCUT2D eigenvalue weighted by Gasteiger charge is 2.12. The summed E-state index contributed by atoms with van der Waals surface area (Å²) in [6, 6.07) is 16.7.